The molecule has 150 valence electrons. The minimum atomic E-state index is 0. The molecule has 0 aromatic rings. The first-order valence-electron chi connectivity index (χ1n) is 8.68. The van der Waals surface area contributed by atoms with Crippen molar-refractivity contribution in [3.8, 4) is 0 Å². The van der Waals surface area contributed by atoms with Crippen LogP contribution < -0.4 is 0 Å². The fraction of sp³-hybridized carbons (Fsp3) is 0.889. The van der Waals surface area contributed by atoms with Crippen LogP contribution in [0.15, 0.2) is 0 Å². The smallest absolute Gasteiger partial charge is 0.681 e. The summed E-state index contributed by atoms with van der Waals surface area (Å²) in [6.07, 6.45) is 7.75. The van der Waals surface area contributed by atoms with Crippen molar-refractivity contribution in [2.45, 2.75) is 78.6 Å². The Morgan fingerprint density at radius 2 is 0.960 bits per heavy atom. The third-order valence-electron chi connectivity index (χ3n) is 3.01. The van der Waals surface area contributed by atoms with Crippen molar-refractivity contribution < 1.29 is 29.1 Å². The van der Waals surface area contributed by atoms with Crippen LogP contribution in [0, 0.1) is 0 Å². The number of unbranched alkanes of at least 4 members (excludes halogenated alkanes) is 2. The normalized spacial score (nSPS) is 11.1. The third-order valence-corrected chi connectivity index (χ3v) is 3.01. The van der Waals surface area contributed by atoms with E-state index in [0.29, 0.717) is 0 Å². The van der Waals surface area contributed by atoms with E-state index in [0.717, 1.165) is 25.9 Å². The van der Waals surface area contributed by atoms with Gasteiger partial charge in [0.1, 0.15) is 0 Å². The van der Waals surface area contributed by atoms with Gasteiger partial charge >= 0.3 is 19.5 Å². The molecule has 7 heteroatoms. The van der Waals surface area contributed by atoms with Crippen molar-refractivity contribution in [1.29, 1.82) is 0 Å². The van der Waals surface area contributed by atoms with Crippen LogP contribution in [0.2, 0.25) is 0 Å². The molecule has 0 radical (unpaired) electrons. The third kappa shape index (κ3) is 35.7. The van der Waals surface area contributed by atoms with Gasteiger partial charge in [0.15, 0.2) is 0 Å². The van der Waals surface area contributed by atoms with Crippen LogP contribution in [0.3, 0.4) is 0 Å². The average Bonchev–Trinajstić information content (AvgIpc) is 2.66. The molecule has 6 nitrogen and oxygen atoms in total. The molecule has 0 rings (SSSR count). The summed E-state index contributed by atoms with van der Waals surface area (Å²) < 4.78 is 0. The van der Waals surface area contributed by atoms with Gasteiger partial charge in [0, 0.05) is 0 Å². The number of hydrogen-bond donors (Lipinski definition) is 0. The first kappa shape index (κ1) is 35.8. The summed E-state index contributed by atoms with van der Waals surface area (Å²) in [5, 5.41) is 16.9. The number of carbonyl (C=O) groups excluding carboxylic acids is 2. The van der Waals surface area contributed by atoms with Gasteiger partial charge in [0.05, 0.1) is 0 Å². The molecule has 25 heavy (non-hydrogen) atoms. The summed E-state index contributed by atoms with van der Waals surface area (Å²) in [5.74, 6) is 0. The van der Waals surface area contributed by atoms with E-state index in [1.165, 1.54) is 25.7 Å². The van der Waals surface area contributed by atoms with Crippen molar-refractivity contribution in [2.24, 2.45) is 0 Å². The molecule has 2 unspecified atom stereocenters. The largest absolute Gasteiger partial charge is 6.00 e. The Kier molecular flexibility index (Phi) is 56.0. The Morgan fingerprint density at radius 1 is 0.680 bits per heavy atom. The molecule has 0 saturated heterocycles. The standard InChI is InChI=1S/2C8H18N2.2CHO.Ru/c2*1-4-6-7-8(9-3)10-5-2;2*1-2;/h2*8H,4-7H2,1-3H3;2*1H;/q2*-2;2*-1;+6. The molecule has 0 N–H and O–H groups in total. The van der Waals surface area contributed by atoms with E-state index in [1.54, 1.807) is 0 Å². The molecule has 0 spiro atoms. The van der Waals surface area contributed by atoms with E-state index >= 15 is 0 Å². The summed E-state index contributed by atoms with van der Waals surface area (Å²) in [4.78, 5) is 15.5. The SMILES string of the molecule is CCCCC([N-]C)[N-]CC.CCCCC([N-]C)[N-]CC.[CH-]=O.[CH-]=O.[Ru+6]. The molecule has 0 aromatic heterocycles. The number of hydrogen-bond acceptors (Lipinski definition) is 2. The Balaban J connectivity index is -0.0000000858. The summed E-state index contributed by atoms with van der Waals surface area (Å²) in [6.45, 7) is 16.8. The zero-order valence-corrected chi connectivity index (χ0v) is 18.7. The van der Waals surface area contributed by atoms with Gasteiger partial charge in [0.25, 0.3) is 0 Å². The van der Waals surface area contributed by atoms with E-state index < -0.39 is 0 Å². The molecule has 0 fully saturated rings. The zero-order valence-electron chi connectivity index (χ0n) is 16.9. The van der Waals surface area contributed by atoms with Crippen molar-refractivity contribution in [2.75, 3.05) is 27.2 Å². The van der Waals surface area contributed by atoms with E-state index in [1.807, 2.05) is 14.1 Å². The second kappa shape index (κ2) is 39.1. The molecular weight excluding hydrogens is 405 g/mol. The van der Waals surface area contributed by atoms with E-state index in [2.05, 4.69) is 62.5 Å². The first-order chi connectivity index (χ1) is 11.7. The van der Waals surface area contributed by atoms with Crippen LogP contribution >= 0.6 is 0 Å². The maximum absolute atomic E-state index is 7.75. The molecule has 0 aromatic carbocycles. The molecule has 0 bridgehead atoms. The fourth-order valence-corrected chi connectivity index (χ4v) is 1.80. The summed E-state index contributed by atoms with van der Waals surface area (Å²) in [7, 11) is 3.69. The predicted molar refractivity (Wildman–Crippen MR) is 106 cm³/mol. The maximum atomic E-state index is 7.75. The second-order valence-corrected chi connectivity index (χ2v) is 4.76. The van der Waals surface area contributed by atoms with Crippen molar-refractivity contribution >= 4 is 13.6 Å². The van der Waals surface area contributed by atoms with E-state index in [9.17, 15) is 0 Å². The van der Waals surface area contributed by atoms with Gasteiger partial charge in [-0.05, 0) is 0 Å². The van der Waals surface area contributed by atoms with Crippen LogP contribution in [-0.4, -0.2) is 53.1 Å². The zero-order chi connectivity index (χ0) is 19.6. The molecule has 0 heterocycles. The molecule has 0 aliphatic rings. The van der Waals surface area contributed by atoms with Crippen LogP contribution in [0.4, 0.5) is 0 Å². The van der Waals surface area contributed by atoms with Gasteiger partial charge in [0.2, 0.25) is 0 Å². The second-order valence-electron chi connectivity index (χ2n) is 4.76. The van der Waals surface area contributed by atoms with Gasteiger partial charge < -0.3 is 30.9 Å². The quantitative estimate of drug-likeness (QED) is 0.234. The van der Waals surface area contributed by atoms with Crippen LogP contribution in [0.5, 0.6) is 0 Å². The molecule has 0 amide bonds. The first-order valence-corrected chi connectivity index (χ1v) is 8.68. The van der Waals surface area contributed by atoms with Gasteiger partial charge in [-0.15, -0.1) is 0 Å². The predicted octanol–water partition coefficient (Wildman–Crippen LogP) is 5.25. The number of nitrogens with zero attached hydrogens (tertiary/aromatic N) is 4. The number of rotatable bonds is 12. The Bertz CT molecular complexity index is 184. The molecule has 0 aliphatic carbocycles. The monoisotopic (exact) mass is 444 g/mol. The molecule has 0 saturated carbocycles. The van der Waals surface area contributed by atoms with Crippen molar-refractivity contribution in [3.63, 3.8) is 0 Å². The fourth-order valence-electron chi connectivity index (χ4n) is 1.80. The van der Waals surface area contributed by atoms with E-state index in [-0.39, 0.29) is 31.8 Å². The maximum Gasteiger partial charge on any atom is 6.00 e. The Morgan fingerprint density at radius 3 is 1.12 bits per heavy atom. The average molecular weight is 444 g/mol. The van der Waals surface area contributed by atoms with Gasteiger partial charge in [-0.1, -0.05) is 66.2 Å². The van der Waals surface area contributed by atoms with Gasteiger partial charge in [-0.3, -0.25) is 13.6 Å². The van der Waals surface area contributed by atoms with Gasteiger partial charge in [-0.2, -0.15) is 27.2 Å². The van der Waals surface area contributed by atoms with Crippen LogP contribution in [0.1, 0.15) is 66.2 Å². The topological polar surface area (TPSA) is 90.5 Å². The van der Waals surface area contributed by atoms with Crippen LogP contribution in [0.25, 0.3) is 21.3 Å². The van der Waals surface area contributed by atoms with E-state index in [4.69, 9.17) is 9.59 Å². The van der Waals surface area contributed by atoms with Crippen molar-refractivity contribution in [1.82, 2.24) is 0 Å². The molecule has 0 aliphatic heterocycles. The summed E-state index contributed by atoms with van der Waals surface area (Å²) >= 11 is 0. The van der Waals surface area contributed by atoms with Crippen molar-refractivity contribution in [3.05, 3.63) is 21.3 Å². The van der Waals surface area contributed by atoms with Gasteiger partial charge in [-0.25, -0.2) is 12.3 Å². The summed E-state index contributed by atoms with van der Waals surface area (Å²) in [6, 6.07) is 0. The minimum Gasteiger partial charge on any atom is -0.681 e. The Hall–Kier alpha value is -0.197. The summed E-state index contributed by atoms with van der Waals surface area (Å²) in [5.41, 5.74) is 0. The minimum absolute atomic E-state index is 0. The Labute approximate surface area is 169 Å². The van der Waals surface area contributed by atoms with Crippen LogP contribution in [-0.2, 0) is 29.1 Å². The molecular formula is C18H38N4O2Ru. The molecule has 2 atom stereocenters.